The summed E-state index contributed by atoms with van der Waals surface area (Å²) in [4.78, 5) is 16.6. The van der Waals surface area contributed by atoms with Crippen molar-refractivity contribution in [2.24, 2.45) is 0 Å². The van der Waals surface area contributed by atoms with Gasteiger partial charge in [-0.05, 0) is 30.5 Å². The topological polar surface area (TPSA) is 35.5 Å². The number of hydrogen-bond acceptors (Lipinski definition) is 5. The molecule has 1 saturated heterocycles. The summed E-state index contributed by atoms with van der Waals surface area (Å²) in [7, 11) is 4.10. The van der Waals surface area contributed by atoms with Crippen LogP contribution in [-0.2, 0) is 19.5 Å². The normalized spacial score (nSPS) is 17.4. The van der Waals surface area contributed by atoms with Gasteiger partial charge in [0.05, 0.1) is 5.69 Å². The molecule has 0 spiro atoms. The summed E-state index contributed by atoms with van der Waals surface area (Å²) in [5.74, 6) is 1.73. The first-order chi connectivity index (χ1) is 12.6. The molecule has 0 aliphatic carbocycles. The van der Waals surface area contributed by atoms with Crippen molar-refractivity contribution in [3.8, 4) is 0 Å². The Labute approximate surface area is 154 Å². The largest absolute Gasteiger partial charge is 0.362 e. The van der Waals surface area contributed by atoms with Gasteiger partial charge < -0.3 is 9.80 Å². The van der Waals surface area contributed by atoms with Gasteiger partial charge in [0, 0.05) is 58.8 Å². The Morgan fingerprint density at radius 3 is 2.46 bits per heavy atom. The molecule has 138 valence electrons. The molecule has 1 aromatic heterocycles. The van der Waals surface area contributed by atoms with Crippen molar-refractivity contribution < 1.29 is 4.39 Å². The van der Waals surface area contributed by atoms with E-state index in [0.29, 0.717) is 0 Å². The van der Waals surface area contributed by atoms with E-state index in [1.165, 1.54) is 36.2 Å². The molecule has 0 atom stereocenters. The molecule has 3 heterocycles. The summed E-state index contributed by atoms with van der Waals surface area (Å²) in [6.45, 7) is 4.74. The van der Waals surface area contributed by atoms with Gasteiger partial charge in [0.2, 0.25) is 5.95 Å². The SMILES string of the molecule is CN(C)c1nc(N2CCCC2)nc2c1CN(Cc1ccc(F)cc1)CC2. The van der Waals surface area contributed by atoms with Gasteiger partial charge in [-0.25, -0.2) is 9.37 Å². The van der Waals surface area contributed by atoms with Crippen molar-refractivity contribution in [2.75, 3.05) is 43.5 Å². The Morgan fingerprint density at radius 1 is 1.04 bits per heavy atom. The van der Waals surface area contributed by atoms with Crippen LogP contribution < -0.4 is 9.80 Å². The lowest BCUT2D eigenvalue weighted by Gasteiger charge is -2.31. The van der Waals surface area contributed by atoms with Crippen molar-refractivity contribution in [3.63, 3.8) is 0 Å². The number of rotatable bonds is 4. The zero-order valence-electron chi connectivity index (χ0n) is 15.6. The number of hydrogen-bond donors (Lipinski definition) is 0. The van der Waals surface area contributed by atoms with E-state index in [1.807, 2.05) is 12.1 Å². The molecule has 1 fully saturated rings. The molecular formula is C20H26FN5. The quantitative estimate of drug-likeness (QED) is 0.843. The number of nitrogens with zero attached hydrogens (tertiary/aromatic N) is 5. The van der Waals surface area contributed by atoms with E-state index in [-0.39, 0.29) is 5.82 Å². The average molecular weight is 355 g/mol. The summed E-state index contributed by atoms with van der Waals surface area (Å²) >= 11 is 0. The molecule has 0 amide bonds. The molecule has 5 nitrogen and oxygen atoms in total. The van der Waals surface area contributed by atoms with E-state index in [4.69, 9.17) is 9.97 Å². The molecule has 0 saturated carbocycles. The highest BCUT2D eigenvalue weighted by molar-refractivity contribution is 5.53. The van der Waals surface area contributed by atoms with Crippen LogP contribution in [0, 0.1) is 5.82 Å². The summed E-state index contributed by atoms with van der Waals surface area (Å²) in [5, 5.41) is 0. The van der Waals surface area contributed by atoms with E-state index in [0.717, 1.165) is 56.5 Å². The van der Waals surface area contributed by atoms with Crippen molar-refractivity contribution in [1.29, 1.82) is 0 Å². The third kappa shape index (κ3) is 3.51. The van der Waals surface area contributed by atoms with E-state index in [2.05, 4.69) is 28.8 Å². The molecule has 4 rings (SSSR count). The van der Waals surface area contributed by atoms with Crippen LogP contribution in [0.25, 0.3) is 0 Å². The fraction of sp³-hybridized carbons (Fsp3) is 0.500. The standard InChI is InChI=1S/C20H26FN5/c1-24(2)19-17-14-25(13-15-5-7-16(21)8-6-15)12-9-18(17)22-20(23-19)26-10-3-4-11-26/h5-8H,3-4,9-14H2,1-2H3. The molecule has 0 N–H and O–H groups in total. The second kappa shape index (κ2) is 7.19. The molecule has 1 aromatic carbocycles. The molecule has 6 heteroatoms. The maximum atomic E-state index is 13.1. The van der Waals surface area contributed by atoms with Crippen LogP contribution in [0.2, 0.25) is 0 Å². The first kappa shape index (κ1) is 17.2. The fourth-order valence-corrected chi connectivity index (χ4v) is 3.85. The minimum atomic E-state index is -0.185. The Bertz CT molecular complexity index is 769. The maximum Gasteiger partial charge on any atom is 0.227 e. The van der Waals surface area contributed by atoms with E-state index < -0.39 is 0 Å². The van der Waals surface area contributed by atoms with Gasteiger partial charge in [-0.1, -0.05) is 12.1 Å². The molecule has 2 aromatic rings. The Balaban J connectivity index is 1.58. The zero-order chi connectivity index (χ0) is 18.1. The van der Waals surface area contributed by atoms with Crippen LogP contribution in [0.4, 0.5) is 16.2 Å². The monoisotopic (exact) mass is 355 g/mol. The molecule has 0 bridgehead atoms. The van der Waals surface area contributed by atoms with Gasteiger partial charge in [0.1, 0.15) is 11.6 Å². The summed E-state index contributed by atoms with van der Waals surface area (Å²) < 4.78 is 13.1. The van der Waals surface area contributed by atoms with Crippen molar-refractivity contribution >= 4 is 11.8 Å². The van der Waals surface area contributed by atoms with Crippen molar-refractivity contribution in [1.82, 2.24) is 14.9 Å². The highest BCUT2D eigenvalue weighted by Crippen LogP contribution is 2.29. The Morgan fingerprint density at radius 2 is 1.77 bits per heavy atom. The first-order valence-electron chi connectivity index (χ1n) is 9.39. The molecule has 26 heavy (non-hydrogen) atoms. The summed E-state index contributed by atoms with van der Waals surface area (Å²) in [6.07, 6.45) is 3.38. The number of halogens is 1. The van der Waals surface area contributed by atoms with Gasteiger partial charge in [-0.3, -0.25) is 4.90 Å². The molecular weight excluding hydrogens is 329 g/mol. The van der Waals surface area contributed by atoms with Crippen LogP contribution >= 0.6 is 0 Å². The first-order valence-corrected chi connectivity index (χ1v) is 9.39. The summed E-state index contributed by atoms with van der Waals surface area (Å²) in [5.41, 5.74) is 3.54. The van der Waals surface area contributed by atoms with Gasteiger partial charge >= 0.3 is 0 Å². The second-order valence-electron chi connectivity index (χ2n) is 7.45. The Kier molecular flexibility index (Phi) is 4.76. The number of benzene rings is 1. The highest BCUT2D eigenvalue weighted by atomic mass is 19.1. The van der Waals surface area contributed by atoms with Gasteiger partial charge in [0.25, 0.3) is 0 Å². The van der Waals surface area contributed by atoms with Crippen molar-refractivity contribution in [3.05, 3.63) is 46.9 Å². The predicted octanol–water partition coefficient (Wildman–Crippen LogP) is 2.84. The number of aromatic nitrogens is 2. The van der Waals surface area contributed by atoms with Crippen LogP contribution in [0.1, 0.15) is 29.7 Å². The molecule has 2 aliphatic heterocycles. The van der Waals surface area contributed by atoms with Crippen molar-refractivity contribution in [2.45, 2.75) is 32.4 Å². The van der Waals surface area contributed by atoms with Crippen LogP contribution in [0.5, 0.6) is 0 Å². The van der Waals surface area contributed by atoms with Gasteiger partial charge in [-0.15, -0.1) is 0 Å². The minimum Gasteiger partial charge on any atom is -0.362 e. The summed E-state index contributed by atoms with van der Waals surface area (Å²) in [6, 6.07) is 6.79. The predicted molar refractivity (Wildman–Crippen MR) is 102 cm³/mol. The minimum absolute atomic E-state index is 0.185. The van der Waals surface area contributed by atoms with E-state index in [9.17, 15) is 4.39 Å². The Hall–Kier alpha value is -2.21. The fourth-order valence-electron chi connectivity index (χ4n) is 3.85. The average Bonchev–Trinajstić information content (AvgIpc) is 3.17. The second-order valence-corrected chi connectivity index (χ2v) is 7.45. The lowest BCUT2D eigenvalue weighted by Crippen LogP contribution is -2.33. The highest BCUT2D eigenvalue weighted by Gasteiger charge is 2.25. The molecule has 0 radical (unpaired) electrons. The van der Waals surface area contributed by atoms with E-state index >= 15 is 0 Å². The lowest BCUT2D eigenvalue weighted by molar-refractivity contribution is 0.243. The smallest absolute Gasteiger partial charge is 0.227 e. The third-order valence-corrected chi connectivity index (χ3v) is 5.24. The molecule has 2 aliphatic rings. The van der Waals surface area contributed by atoms with Gasteiger partial charge in [-0.2, -0.15) is 4.98 Å². The van der Waals surface area contributed by atoms with Crippen LogP contribution in [-0.4, -0.2) is 48.6 Å². The van der Waals surface area contributed by atoms with Gasteiger partial charge in [0.15, 0.2) is 0 Å². The number of fused-ring (bicyclic) bond motifs is 1. The van der Waals surface area contributed by atoms with E-state index in [1.54, 1.807) is 0 Å². The zero-order valence-corrected chi connectivity index (χ0v) is 15.6. The van der Waals surface area contributed by atoms with Crippen LogP contribution in [0.3, 0.4) is 0 Å². The number of anilines is 2. The third-order valence-electron chi connectivity index (χ3n) is 5.24. The lowest BCUT2D eigenvalue weighted by atomic mass is 10.0. The molecule has 0 unspecified atom stereocenters. The van der Waals surface area contributed by atoms with Crippen LogP contribution in [0.15, 0.2) is 24.3 Å². The maximum absolute atomic E-state index is 13.1.